The van der Waals surface area contributed by atoms with E-state index >= 15 is 0 Å². The normalized spacial score (nSPS) is 8.25. The van der Waals surface area contributed by atoms with Gasteiger partial charge in [-0.3, -0.25) is 0 Å². The molecule has 0 aromatic carbocycles. The Labute approximate surface area is 82.9 Å². The number of hydrogen-bond acceptors (Lipinski definition) is 2. The second-order valence-electron chi connectivity index (χ2n) is 1.51. The zero-order chi connectivity index (χ0) is 5.54. The smallest absolute Gasteiger partial charge is 1.00 e. The quantitative estimate of drug-likeness (QED) is 0.432. The third-order valence-corrected chi connectivity index (χ3v) is 0.816. The molecule has 0 heterocycles. The molecule has 0 aliphatic heterocycles. The fourth-order valence-corrected chi connectivity index (χ4v) is 0.400. The first-order chi connectivity index (χ1) is 3.41. The molecule has 0 amide bonds. The minimum Gasteiger partial charge on any atom is -1.00 e. The molecule has 0 saturated carbocycles. The average Bonchev–Trinajstić information content (AvgIpc) is 1.69. The van der Waals surface area contributed by atoms with Gasteiger partial charge in [0.1, 0.15) is 0 Å². The molecule has 0 radical (unpaired) electrons. The van der Waals surface area contributed by atoms with E-state index in [2.05, 4.69) is 0 Å². The zero-order valence-corrected chi connectivity index (χ0v) is 7.35. The predicted octanol–water partition coefficient (Wildman–Crippen LogP) is -0.0145. The van der Waals surface area contributed by atoms with Crippen molar-refractivity contribution in [3.63, 3.8) is 0 Å². The molecule has 0 aromatic rings. The largest absolute Gasteiger partial charge is 2.00 e. The summed E-state index contributed by atoms with van der Waals surface area (Å²) in [6.07, 6.45) is 2.58. The Bertz CT molecular complexity index is 36.8. The Kier molecular flexibility index (Phi) is 16.4. The van der Waals surface area contributed by atoms with Gasteiger partial charge in [-0.05, 0) is 19.3 Å². The first-order valence-electron chi connectivity index (χ1n) is 2.63. The molecule has 0 aromatic heterocycles. The molecule has 0 bridgehead atoms. The van der Waals surface area contributed by atoms with Crippen LogP contribution < -0.4 is 0 Å². The Morgan fingerprint density at radius 2 is 1.25 bits per heavy atom. The first kappa shape index (κ1) is 11.9. The van der Waals surface area contributed by atoms with Gasteiger partial charge in [0.25, 0.3) is 0 Å². The Hall–Kier alpha value is 1.18. The molecule has 2 nitrogen and oxygen atoms in total. The van der Waals surface area contributed by atoms with Gasteiger partial charge in [0.2, 0.25) is 0 Å². The van der Waals surface area contributed by atoms with Gasteiger partial charge in [-0.25, -0.2) is 0 Å². The molecule has 48 valence electrons. The van der Waals surface area contributed by atoms with Crippen LogP contribution in [0.1, 0.15) is 22.1 Å². The van der Waals surface area contributed by atoms with E-state index in [0.29, 0.717) is 0 Å². The summed E-state index contributed by atoms with van der Waals surface area (Å²) >= 11 is 0. The van der Waals surface area contributed by atoms with Crippen LogP contribution in [0.5, 0.6) is 0 Å². The van der Waals surface area contributed by atoms with E-state index < -0.39 is 0 Å². The fourth-order valence-electron chi connectivity index (χ4n) is 0.400. The molecule has 0 saturated heterocycles. The van der Waals surface area contributed by atoms with E-state index in [1.165, 1.54) is 0 Å². The van der Waals surface area contributed by atoms with Crippen molar-refractivity contribution >= 4 is 37.7 Å². The van der Waals surface area contributed by atoms with Gasteiger partial charge >= 0.3 is 37.7 Å². The third-order valence-electron chi connectivity index (χ3n) is 0.816. The second kappa shape index (κ2) is 11.0. The van der Waals surface area contributed by atoms with Crippen molar-refractivity contribution in [1.82, 2.24) is 0 Å². The van der Waals surface area contributed by atoms with E-state index in [4.69, 9.17) is 10.2 Å². The standard InChI is InChI=1S/C5H12O2.Ca.2H/c6-4-2-1-3-5-7;;;/h6-7H,1-5H2;;;/q;+2;2*-1. The van der Waals surface area contributed by atoms with Crippen molar-refractivity contribution in [3.8, 4) is 0 Å². The van der Waals surface area contributed by atoms with Gasteiger partial charge in [-0.1, -0.05) is 0 Å². The van der Waals surface area contributed by atoms with Crippen molar-refractivity contribution in [1.29, 1.82) is 0 Å². The topological polar surface area (TPSA) is 40.5 Å². The third kappa shape index (κ3) is 10.2. The van der Waals surface area contributed by atoms with Gasteiger partial charge in [0, 0.05) is 13.2 Å². The molecule has 0 fully saturated rings. The molecule has 0 rings (SSSR count). The van der Waals surface area contributed by atoms with Crippen LogP contribution in [0.25, 0.3) is 0 Å². The summed E-state index contributed by atoms with van der Waals surface area (Å²) in [5.41, 5.74) is 0. The number of unbranched alkanes of at least 4 members (excludes halogenated alkanes) is 2. The predicted molar refractivity (Wildman–Crippen MR) is 36.0 cm³/mol. The molecule has 2 N–H and O–H groups in total. The summed E-state index contributed by atoms with van der Waals surface area (Å²) in [6.45, 7) is 0.500. The maximum atomic E-state index is 8.21. The van der Waals surface area contributed by atoms with Gasteiger partial charge in [-0.2, -0.15) is 0 Å². The number of aliphatic hydroxyl groups is 2. The van der Waals surface area contributed by atoms with E-state index in [0.717, 1.165) is 19.3 Å². The van der Waals surface area contributed by atoms with E-state index in [1.807, 2.05) is 0 Å². The van der Waals surface area contributed by atoms with E-state index in [-0.39, 0.29) is 53.8 Å². The monoisotopic (exact) mass is 146 g/mol. The molecule has 0 aliphatic rings. The molecule has 0 aliphatic carbocycles. The first-order valence-corrected chi connectivity index (χ1v) is 2.63. The molecule has 3 heteroatoms. The van der Waals surface area contributed by atoms with Gasteiger partial charge in [0.15, 0.2) is 0 Å². The van der Waals surface area contributed by atoms with Crippen LogP contribution >= 0.6 is 0 Å². The Morgan fingerprint density at radius 1 is 0.875 bits per heavy atom. The number of aliphatic hydroxyl groups excluding tert-OH is 2. The SMILES string of the molecule is OCCCCCO.[Ca+2].[H-].[H-]. The molecule has 8 heavy (non-hydrogen) atoms. The van der Waals surface area contributed by atoms with Crippen molar-refractivity contribution in [3.05, 3.63) is 0 Å². The van der Waals surface area contributed by atoms with Crippen LogP contribution in [-0.4, -0.2) is 61.2 Å². The summed E-state index contributed by atoms with van der Waals surface area (Å²) in [5.74, 6) is 0. The van der Waals surface area contributed by atoms with Crippen molar-refractivity contribution in [2.24, 2.45) is 0 Å². The minimum absolute atomic E-state index is 0. The van der Waals surface area contributed by atoms with Gasteiger partial charge in [0.05, 0.1) is 0 Å². The maximum absolute atomic E-state index is 8.21. The average molecular weight is 146 g/mol. The molecule has 0 spiro atoms. The molecular weight excluding hydrogens is 132 g/mol. The summed E-state index contributed by atoms with van der Waals surface area (Å²) < 4.78 is 0. The summed E-state index contributed by atoms with van der Waals surface area (Å²) in [4.78, 5) is 0. The van der Waals surface area contributed by atoms with Crippen LogP contribution in [0.3, 0.4) is 0 Å². The van der Waals surface area contributed by atoms with Crippen LogP contribution in [0.2, 0.25) is 0 Å². The molecular formula is C5H14CaO2. The van der Waals surface area contributed by atoms with Crippen molar-refractivity contribution in [2.75, 3.05) is 13.2 Å². The van der Waals surface area contributed by atoms with Gasteiger partial charge in [-0.15, -0.1) is 0 Å². The molecule has 0 unspecified atom stereocenters. The summed E-state index contributed by atoms with van der Waals surface area (Å²) in [5, 5.41) is 16.4. The zero-order valence-electron chi connectivity index (χ0n) is 7.14. The number of rotatable bonds is 4. The second-order valence-corrected chi connectivity index (χ2v) is 1.51. The maximum Gasteiger partial charge on any atom is 2.00 e. The van der Waals surface area contributed by atoms with Crippen LogP contribution in [0, 0.1) is 0 Å². The van der Waals surface area contributed by atoms with Crippen molar-refractivity contribution < 1.29 is 13.1 Å². The van der Waals surface area contributed by atoms with Crippen LogP contribution in [0.4, 0.5) is 0 Å². The summed E-state index contributed by atoms with van der Waals surface area (Å²) in [7, 11) is 0. The fraction of sp³-hybridized carbons (Fsp3) is 1.00. The Balaban J connectivity index is -0.0000000600. The number of hydrogen-bond donors (Lipinski definition) is 2. The summed E-state index contributed by atoms with van der Waals surface area (Å²) in [6, 6.07) is 0. The van der Waals surface area contributed by atoms with Crippen molar-refractivity contribution in [2.45, 2.75) is 19.3 Å². The minimum atomic E-state index is 0. The van der Waals surface area contributed by atoms with E-state index in [1.54, 1.807) is 0 Å². The molecule has 0 atom stereocenters. The van der Waals surface area contributed by atoms with Gasteiger partial charge < -0.3 is 13.1 Å². The van der Waals surface area contributed by atoms with Crippen LogP contribution in [-0.2, 0) is 0 Å². The van der Waals surface area contributed by atoms with Crippen LogP contribution in [0.15, 0.2) is 0 Å². The van der Waals surface area contributed by atoms with E-state index in [9.17, 15) is 0 Å². The Morgan fingerprint density at radius 3 is 1.50 bits per heavy atom.